The topological polar surface area (TPSA) is 89.8 Å². The van der Waals surface area contributed by atoms with Crippen molar-refractivity contribution in [1.29, 1.82) is 0 Å². The van der Waals surface area contributed by atoms with Gasteiger partial charge in [0.15, 0.2) is 0 Å². The minimum atomic E-state index is -0.886. The Morgan fingerprint density at radius 3 is 1.93 bits per heavy atom. The number of allylic oxidation sites excluding steroid dienone is 9. The van der Waals surface area contributed by atoms with Gasteiger partial charge < -0.3 is 20.6 Å². The summed E-state index contributed by atoms with van der Waals surface area (Å²) in [4.78, 5) is 12.3. The van der Waals surface area contributed by atoms with E-state index >= 15 is 0 Å². The summed E-state index contributed by atoms with van der Waals surface area (Å²) < 4.78 is 0. The van der Waals surface area contributed by atoms with Crippen LogP contribution in [-0.2, 0) is 4.79 Å². The second-order valence-electron chi connectivity index (χ2n) is 11.4. The van der Waals surface area contributed by atoms with E-state index in [-0.39, 0.29) is 12.5 Å². The van der Waals surface area contributed by atoms with Crippen LogP contribution >= 0.6 is 0 Å². The Kier molecular flexibility index (Phi) is 31.0. The molecule has 0 bridgehead atoms. The molecule has 0 radical (unpaired) electrons. The Morgan fingerprint density at radius 1 is 0.628 bits per heavy atom. The monoisotopic (exact) mass is 599 g/mol. The number of carbonyl (C=O) groups is 1. The summed E-state index contributed by atoms with van der Waals surface area (Å²) >= 11 is 0. The van der Waals surface area contributed by atoms with Gasteiger partial charge in [-0.05, 0) is 70.6 Å². The number of aliphatic hydroxyl groups is 3. The summed E-state index contributed by atoms with van der Waals surface area (Å²) in [5.74, 6) is -0.153. The molecule has 0 aromatic heterocycles. The average Bonchev–Trinajstić information content (AvgIpc) is 3.00. The number of aliphatic hydroxyl groups excluding tert-OH is 3. The molecule has 0 aliphatic rings. The van der Waals surface area contributed by atoms with E-state index in [9.17, 15) is 20.1 Å². The molecule has 246 valence electrons. The van der Waals surface area contributed by atoms with Crippen LogP contribution in [0, 0.1) is 0 Å². The molecule has 0 unspecified atom stereocenters. The van der Waals surface area contributed by atoms with Crippen LogP contribution in [0.4, 0.5) is 0 Å². The number of nitrogens with one attached hydrogen (secondary N) is 1. The zero-order chi connectivity index (χ0) is 31.6. The van der Waals surface area contributed by atoms with Crippen molar-refractivity contribution in [2.75, 3.05) is 6.61 Å². The SMILES string of the molecule is CCC/C=C\CCCCCCCC/C=C/[C@@H](O)[C@H](CO)NC(=O)CCC/C=C\C/C=C\C=C\[C@@H](O)C/C=C\CCCCC. The largest absolute Gasteiger partial charge is 0.394 e. The Hall–Kier alpha value is -2.21. The molecule has 0 aliphatic carbocycles. The van der Waals surface area contributed by atoms with Gasteiger partial charge in [-0.25, -0.2) is 0 Å². The molecule has 0 aliphatic heterocycles. The van der Waals surface area contributed by atoms with Crippen LogP contribution in [0.5, 0.6) is 0 Å². The van der Waals surface area contributed by atoms with Crippen molar-refractivity contribution in [1.82, 2.24) is 5.32 Å². The van der Waals surface area contributed by atoms with E-state index < -0.39 is 18.2 Å². The summed E-state index contributed by atoms with van der Waals surface area (Å²) in [6.45, 7) is 4.11. The third-order valence-corrected chi connectivity index (χ3v) is 7.21. The molecule has 0 aromatic carbocycles. The standard InChI is InChI=1S/C38H65NO4/c1-3-5-7-9-11-12-13-14-15-16-20-24-28-32-37(42)36(34-40)39-38(43)33-29-25-21-18-17-19-23-27-31-35(41)30-26-22-10-8-6-4-2/h7,9,18-19,21-23,26-28,31-32,35-37,40-42H,3-6,8,10-17,20,24-25,29-30,33-34H2,1-2H3,(H,39,43)/b9-7-,21-18-,23-19-,26-22-,31-27+,32-28+/t35-,36-,37+/m0/s1. The molecular formula is C38H65NO4. The molecule has 3 atom stereocenters. The molecule has 0 aromatic rings. The summed E-state index contributed by atoms with van der Waals surface area (Å²) in [5.41, 5.74) is 0. The summed E-state index contributed by atoms with van der Waals surface area (Å²) in [5, 5.41) is 32.7. The van der Waals surface area contributed by atoms with E-state index in [4.69, 9.17) is 0 Å². The van der Waals surface area contributed by atoms with Crippen LogP contribution in [0.25, 0.3) is 0 Å². The normalized spacial score (nSPS) is 14.8. The molecular weight excluding hydrogens is 534 g/mol. The highest BCUT2D eigenvalue weighted by Gasteiger charge is 2.17. The quantitative estimate of drug-likeness (QED) is 0.0392. The molecule has 1 amide bonds. The maximum absolute atomic E-state index is 12.3. The lowest BCUT2D eigenvalue weighted by atomic mass is 10.1. The highest BCUT2D eigenvalue weighted by Crippen LogP contribution is 2.10. The van der Waals surface area contributed by atoms with Gasteiger partial charge in [0.05, 0.1) is 24.9 Å². The lowest BCUT2D eigenvalue weighted by Crippen LogP contribution is -2.45. The lowest BCUT2D eigenvalue weighted by Gasteiger charge is -2.19. The fourth-order valence-electron chi connectivity index (χ4n) is 4.49. The Labute approximate surface area is 264 Å². The Morgan fingerprint density at radius 2 is 1.23 bits per heavy atom. The number of hydrogen-bond acceptors (Lipinski definition) is 4. The molecule has 0 saturated carbocycles. The summed E-state index contributed by atoms with van der Waals surface area (Å²) in [7, 11) is 0. The number of unbranched alkanes of at least 4 members (excludes halogenated alkanes) is 12. The van der Waals surface area contributed by atoms with Crippen molar-refractivity contribution >= 4 is 5.91 Å². The third kappa shape index (κ3) is 29.6. The van der Waals surface area contributed by atoms with Crippen LogP contribution in [0.1, 0.15) is 136 Å². The van der Waals surface area contributed by atoms with E-state index in [1.807, 2.05) is 24.3 Å². The number of amides is 1. The first kappa shape index (κ1) is 40.8. The maximum atomic E-state index is 12.3. The van der Waals surface area contributed by atoms with Gasteiger partial charge >= 0.3 is 0 Å². The fraction of sp³-hybridized carbons (Fsp3) is 0.658. The van der Waals surface area contributed by atoms with Crippen molar-refractivity contribution in [2.45, 2.75) is 154 Å². The van der Waals surface area contributed by atoms with Crippen molar-refractivity contribution in [2.24, 2.45) is 0 Å². The Bertz CT molecular complexity index is 796. The highest BCUT2D eigenvalue weighted by molar-refractivity contribution is 5.76. The second-order valence-corrected chi connectivity index (χ2v) is 11.4. The van der Waals surface area contributed by atoms with Gasteiger partial charge in [-0.15, -0.1) is 0 Å². The molecule has 43 heavy (non-hydrogen) atoms. The molecule has 0 heterocycles. The first-order chi connectivity index (χ1) is 21.0. The van der Waals surface area contributed by atoms with E-state index in [1.165, 1.54) is 70.6 Å². The van der Waals surface area contributed by atoms with E-state index in [2.05, 4.69) is 55.6 Å². The molecule has 0 spiro atoms. The molecule has 0 fully saturated rings. The van der Waals surface area contributed by atoms with Gasteiger partial charge in [0, 0.05) is 6.42 Å². The van der Waals surface area contributed by atoms with Crippen LogP contribution in [0.3, 0.4) is 0 Å². The van der Waals surface area contributed by atoms with Gasteiger partial charge in [-0.3, -0.25) is 4.79 Å². The van der Waals surface area contributed by atoms with Crippen molar-refractivity contribution in [3.05, 3.63) is 72.9 Å². The molecule has 4 N–H and O–H groups in total. The lowest BCUT2D eigenvalue weighted by molar-refractivity contribution is -0.122. The molecule has 0 rings (SSSR count). The number of rotatable bonds is 29. The van der Waals surface area contributed by atoms with Crippen LogP contribution < -0.4 is 5.32 Å². The van der Waals surface area contributed by atoms with Crippen LogP contribution in [-0.4, -0.2) is 46.1 Å². The fourth-order valence-corrected chi connectivity index (χ4v) is 4.49. The van der Waals surface area contributed by atoms with Gasteiger partial charge in [0.1, 0.15) is 0 Å². The van der Waals surface area contributed by atoms with Crippen LogP contribution in [0.2, 0.25) is 0 Å². The van der Waals surface area contributed by atoms with E-state index in [0.717, 1.165) is 32.1 Å². The molecule has 0 saturated heterocycles. The maximum Gasteiger partial charge on any atom is 0.220 e. The molecule has 5 nitrogen and oxygen atoms in total. The predicted octanol–water partition coefficient (Wildman–Crippen LogP) is 8.97. The summed E-state index contributed by atoms with van der Waals surface area (Å²) in [6.07, 6.45) is 42.9. The Balaban J connectivity index is 3.90. The van der Waals surface area contributed by atoms with Crippen molar-refractivity contribution in [3.63, 3.8) is 0 Å². The van der Waals surface area contributed by atoms with E-state index in [1.54, 1.807) is 12.2 Å². The van der Waals surface area contributed by atoms with E-state index in [0.29, 0.717) is 19.3 Å². The first-order valence-corrected chi connectivity index (χ1v) is 17.3. The van der Waals surface area contributed by atoms with Gasteiger partial charge in [0.25, 0.3) is 0 Å². The number of carbonyl (C=O) groups excluding carboxylic acids is 1. The average molecular weight is 600 g/mol. The second kappa shape index (κ2) is 32.7. The van der Waals surface area contributed by atoms with Crippen molar-refractivity contribution < 1.29 is 20.1 Å². The molecule has 5 heteroatoms. The van der Waals surface area contributed by atoms with Gasteiger partial charge in [0.2, 0.25) is 5.91 Å². The van der Waals surface area contributed by atoms with Crippen LogP contribution in [0.15, 0.2) is 72.9 Å². The minimum Gasteiger partial charge on any atom is -0.394 e. The van der Waals surface area contributed by atoms with Gasteiger partial charge in [-0.2, -0.15) is 0 Å². The highest BCUT2D eigenvalue weighted by atomic mass is 16.3. The number of hydrogen-bond donors (Lipinski definition) is 4. The summed E-state index contributed by atoms with van der Waals surface area (Å²) in [6, 6.07) is -0.677. The zero-order valence-corrected chi connectivity index (χ0v) is 27.6. The minimum absolute atomic E-state index is 0.153. The third-order valence-electron chi connectivity index (χ3n) is 7.21. The zero-order valence-electron chi connectivity index (χ0n) is 27.6. The van der Waals surface area contributed by atoms with Crippen molar-refractivity contribution in [3.8, 4) is 0 Å². The predicted molar refractivity (Wildman–Crippen MR) is 185 cm³/mol. The first-order valence-electron chi connectivity index (χ1n) is 17.3. The smallest absolute Gasteiger partial charge is 0.220 e. The van der Waals surface area contributed by atoms with Gasteiger partial charge in [-0.1, -0.05) is 132 Å².